The fraction of sp³-hybridized carbons (Fsp3) is 0.250. The van der Waals surface area contributed by atoms with Crippen LogP contribution in [0.5, 0.6) is 0 Å². The monoisotopic (exact) mass is 534 g/mol. The maximum atomic E-state index is 6.48. The van der Waals surface area contributed by atoms with Crippen LogP contribution >= 0.6 is 0 Å². The smallest absolute Gasteiger partial charge is 0.0963 e. The van der Waals surface area contributed by atoms with Crippen LogP contribution in [0, 0.1) is 33.1 Å². The Morgan fingerprint density at radius 2 is 1.63 bits per heavy atom. The van der Waals surface area contributed by atoms with Gasteiger partial charge in [0.05, 0.1) is 0 Å². The number of aryl methyl sites for hydroxylation is 3. The van der Waals surface area contributed by atoms with Crippen molar-refractivity contribution >= 4 is 24.5 Å². The lowest BCUT2D eigenvalue weighted by molar-refractivity contribution is 0.629. The van der Waals surface area contributed by atoms with Gasteiger partial charge in [-0.15, -0.1) is 0 Å². The largest absolute Gasteiger partial charge is 0.113 e. The number of rotatable bonds is 7. The van der Waals surface area contributed by atoms with Gasteiger partial charge in [0.25, 0.3) is 0 Å². The Hall–Kier alpha value is -3.84. The summed E-state index contributed by atoms with van der Waals surface area (Å²) < 4.78 is 0. The standard InChI is InChI=1S/C40H43B/c1-9-10-11-12-16-29(4)35-23-27(2)24-37(32-18-13-14-22-40(7,8)26-32)39(35)38(34-19-15-17-28(3)31(34)6)36-25-33(41)21-20-30(36)5/h9-26,38H,1-8H3/b10-9+,12-11-,29-16+. The molecule has 0 aliphatic heterocycles. The molecule has 3 aromatic rings. The van der Waals surface area contributed by atoms with Gasteiger partial charge in [0, 0.05) is 11.3 Å². The van der Waals surface area contributed by atoms with E-state index in [0.717, 1.165) is 5.46 Å². The Balaban J connectivity index is 2.18. The van der Waals surface area contributed by atoms with E-state index in [1.807, 2.05) is 13.0 Å². The van der Waals surface area contributed by atoms with Gasteiger partial charge in [-0.3, -0.25) is 0 Å². The van der Waals surface area contributed by atoms with Crippen molar-refractivity contribution in [3.63, 3.8) is 0 Å². The summed E-state index contributed by atoms with van der Waals surface area (Å²) in [5, 5.41) is 0. The third kappa shape index (κ3) is 6.91. The molecule has 0 amide bonds. The summed E-state index contributed by atoms with van der Waals surface area (Å²) in [6.07, 6.45) is 21.9. The summed E-state index contributed by atoms with van der Waals surface area (Å²) >= 11 is 0. The summed E-state index contributed by atoms with van der Waals surface area (Å²) in [6.45, 7) is 17.7. The summed E-state index contributed by atoms with van der Waals surface area (Å²) in [4.78, 5) is 0. The van der Waals surface area contributed by atoms with Crippen LogP contribution in [0.15, 0.2) is 109 Å². The third-order valence-corrected chi connectivity index (χ3v) is 8.12. The van der Waals surface area contributed by atoms with Gasteiger partial charge in [-0.05, 0) is 103 Å². The predicted molar refractivity (Wildman–Crippen MR) is 182 cm³/mol. The number of hydrogen-bond donors (Lipinski definition) is 0. The minimum absolute atomic E-state index is 0.000455. The maximum absolute atomic E-state index is 6.48. The molecular formula is C40H43B. The predicted octanol–water partition coefficient (Wildman–Crippen LogP) is 9.97. The van der Waals surface area contributed by atoms with Crippen LogP contribution in [0.1, 0.15) is 83.7 Å². The third-order valence-electron chi connectivity index (χ3n) is 8.12. The van der Waals surface area contributed by atoms with E-state index in [9.17, 15) is 0 Å². The minimum Gasteiger partial charge on any atom is -0.0963 e. The zero-order chi connectivity index (χ0) is 29.7. The molecule has 0 nitrogen and oxygen atoms in total. The molecule has 3 aromatic carbocycles. The molecule has 0 bridgehead atoms. The summed E-state index contributed by atoms with van der Waals surface area (Å²) in [7, 11) is 6.48. The zero-order valence-corrected chi connectivity index (χ0v) is 26.0. The summed E-state index contributed by atoms with van der Waals surface area (Å²) in [5.74, 6) is 0.000455. The first-order chi connectivity index (χ1) is 19.5. The van der Waals surface area contributed by atoms with Gasteiger partial charge < -0.3 is 0 Å². The van der Waals surface area contributed by atoms with E-state index in [4.69, 9.17) is 7.85 Å². The Morgan fingerprint density at radius 3 is 2.39 bits per heavy atom. The van der Waals surface area contributed by atoms with E-state index in [2.05, 4.69) is 152 Å². The fourth-order valence-electron chi connectivity index (χ4n) is 5.80. The second-order valence-electron chi connectivity index (χ2n) is 12.0. The molecule has 0 fully saturated rings. The SMILES string of the molecule is [B]c1ccc(C)c(C(c2cccc(C)c2C)c2c(C3=CC(C)(C)C=CC=C3)cc(C)cc2/C(C)=C/C=C\C=C\C)c1. The van der Waals surface area contributed by atoms with Crippen molar-refractivity contribution in [2.24, 2.45) is 5.41 Å². The van der Waals surface area contributed by atoms with Crippen LogP contribution in [-0.4, -0.2) is 7.85 Å². The van der Waals surface area contributed by atoms with Crippen molar-refractivity contribution in [3.05, 3.63) is 159 Å². The van der Waals surface area contributed by atoms with Crippen LogP contribution in [0.25, 0.3) is 11.1 Å². The van der Waals surface area contributed by atoms with Crippen molar-refractivity contribution in [3.8, 4) is 0 Å². The Morgan fingerprint density at radius 1 is 0.854 bits per heavy atom. The molecule has 206 valence electrons. The van der Waals surface area contributed by atoms with Gasteiger partial charge in [-0.2, -0.15) is 0 Å². The Kier molecular flexibility index (Phi) is 9.39. The molecule has 1 atom stereocenters. The van der Waals surface area contributed by atoms with Crippen LogP contribution < -0.4 is 5.46 Å². The van der Waals surface area contributed by atoms with E-state index >= 15 is 0 Å². The maximum Gasteiger partial charge on any atom is 0.113 e. The van der Waals surface area contributed by atoms with Gasteiger partial charge in [-0.25, -0.2) is 0 Å². The lowest BCUT2D eigenvalue weighted by Gasteiger charge is -2.30. The van der Waals surface area contributed by atoms with Crippen molar-refractivity contribution < 1.29 is 0 Å². The molecule has 4 rings (SSSR count). The normalized spacial score (nSPS) is 15.9. The highest BCUT2D eigenvalue weighted by molar-refractivity contribution is 6.32. The lowest BCUT2D eigenvalue weighted by atomic mass is 9.73. The van der Waals surface area contributed by atoms with Crippen LogP contribution in [0.2, 0.25) is 0 Å². The molecule has 0 heterocycles. The first kappa shape index (κ1) is 30.1. The highest BCUT2D eigenvalue weighted by atomic mass is 14.3. The van der Waals surface area contributed by atoms with Crippen molar-refractivity contribution in [2.75, 3.05) is 0 Å². The zero-order valence-electron chi connectivity index (χ0n) is 26.0. The molecule has 1 aliphatic rings. The molecule has 0 spiro atoms. The van der Waals surface area contributed by atoms with E-state index in [0.29, 0.717) is 0 Å². The van der Waals surface area contributed by atoms with E-state index < -0.39 is 0 Å². The molecule has 1 aliphatic carbocycles. The molecule has 1 heteroatoms. The second-order valence-corrected chi connectivity index (χ2v) is 12.0. The van der Waals surface area contributed by atoms with E-state index in [1.54, 1.807) is 0 Å². The molecule has 41 heavy (non-hydrogen) atoms. The second kappa shape index (κ2) is 12.8. The van der Waals surface area contributed by atoms with Crippen molar-refractivity contribution in [2.45, 2.75) is 61.3 Å². The molecule has 0 saturated heterocycles. The number of benzene rings is 3. The van der Waals surface area contributed by atoms with E-state index in [1.165, 1.54) is 61.2 Å². The van der Waals surface area contributed by atoms with Crippen LogP contribution in [-0.2, 0) is 0 Å². The van der Waals surface area contributed by atoms with E-state index in [-0.39, 0.29) is 11.3 Å². The highest BCUT2D eigenvalue weighted by Crippen LogP contribution is 2.44. The highest BCUT2D eigenvalue weighted by Gasteiger charge is 2.28. The van der Waals surface area contributed by atoms with Gasteiger partial charge in [0.15, 0.2) is 0 Å². The summed E-state index contributed by atoms with van der Waals surface area (Å²) in [5.41, 5.74) is 14.7. The van der Waals surface area contributed by atoms with Crippen molar-refractivity contribution in [1.82, 2.24) is 0 Å². The first-order valence-electron chi connectivity index (χ1n) is 14.6. The van der Waals surface area contributed by atoms with Crippen molar-refractivity contribution in [1.29, 1.82) is 0 Å². The van der Waals surface area contributed by atoms with Crippen LogP contribution in [0.3, 0.4) is 0 Å². The fourth-order valence-corrected chi connectivity index (χ4v) is 5.80. The average Bonchev–Trinajstić information content (AvgIpc) is 3.11. The minimum atomic E-state index is -0.0675. The molecule has 1 unspecified atom stereocenters. The van der Waals surface area contributed by atoms with Gasteiger partial charge in [-0.1, -0.05) is 129 Å². The summed E-state index contributed by atoms with van der Waals surface area (Å²) in [6, 6.07) is 17.8. The van der Waals surface area contributed by atoms with Gasteiger partial charge >= 0.3 is 0 Å². The Bertz CT molecular complexity index is 1610. The average molecular weight is 535 g/mol. The molecule has 0 N–H and O–H groups in total. The lowest BCUT2D eigenvalue weighted by Crippen LogP contribution is -2.16. The molecule has 2 radical (unpaired) electrons. The molecule has 0 aromatic heterocycles. The number of hydrogen-bond acceptors (Lipinski definition) is 0. The molecule has 0 saturated carbocycles. The molecular weight excluding hydrogens is 491 g/mol. The topological polar surface area (TPSA) is 0 Å². The van der Waals surface area contributed by atoms with Gasteiger partial charge in [0.1, 0.15) is 7.85 Å². The Labute approximate surface area is 250 Å². The van der Waals surface area contributed by atoms with Crippen LogP contribution in [0.4, 0.5) is 0 Å². The van der Waals surface area contributed by atoms with Gasteiger partial charge in [0.2, 0.25) is 0 Å². The first-order valence-corrected chi connectivity index (χ1v) is 14.6. The quantitative estimate of drug-likeness (QED) is 0.161. The number of allylic oxidation sites excluding steroid dienone is 12.